The van der Waals surface area contributed by atoms with Crippen LogP contribution in [0.5, 0.6) is 5.75 Å². The monoisotopic (exact) mass is 313 g/mol. The molecule has 2 aromatic carbocycles. The van der Waals surface area contributed by atoms with Crippen molar-refractivity contribution in [2.24, 2.45) is 0 Å². The van der Waals surface area contributed by atoms with E-state index in [9.17, 15) is 14.7 Å². The van der Waals surface area contributed by atoms with E-state index in [1.807, 2.05) is 48.5 Å². The minimum atomic E-state index is -1.05. The third kappa shape index (κ3) is 5.82. The summed E-state index contributed by atoms with van der Waals surface area (Å²) in [7, 11) is 0. The minimum Gasteiger partial charge on any atom is -0.493 e. The number of carboxylic acids is 1. The van der Waals surface area contributed by atoms with E-state index in [0.717, 1.165) is 5.56 Å². The summed E-state index contributed by atoms with van der Waals surface area (Å²) < 4.78 is 5.43. The van der Waals surface area contributed by atoms with Gasteiger partial charge in [0.1, 0.15) is 11.8 Å². The van der Waals surface area contributed by atoms with Crippen molar-refractivity contribution in [2.45, 2.75) is 18.9 Å². The molecule has 2 aromatic rings. The van der Waals surface area contributed by atoms with Crippen LogP contribution in [0.4, 0.5) is 0 Å². The zero-order chi connectivity index (χ0) is 16.5. The van der Waals surface area contributed by atoms with Crippen LogP contribution in [0.15, 0.2) is 60.7 Å². The SMILES string of the molecule is O=C(CCOc1ccccc1)NC(Cc1ccccc1)C(=O)O. The van der Waals surface area contributed by atoms with Gasteiger partial charge in [0.25, 0.3) is 0 Å². The third-order valence-electron chi connectivity index (χ3n) is 3.26. The van der Waals surface area contributed by atoms with Gasteiger partial charge in [-0.3, -0.25) is 4.79 Å². The van der Waals surface area contributed by atoms with E-state index in [1.54, 1.807) is 12.1 Å². The number of carbonyl (C=O) groups is 2. The summed E-state index contributed by atoms with van der Waals surface area (Å²) in [6.07, 6.45) is 0.356. The highest BCUT2D eigenvalue weighted by Gasteiger charge is 2.20. The van der Waals surface area contributed by atoms with E-state index in [2.05, 4.69) is 5.32 Å². The number of carboxylic acid groups (broad SMARTS) is 1. The Morgan fingerprint density at radius 3 is 2.22 bits per heavy atom. The molecular formula is C18H19NO4. The van der Waals surface area contributed by atoms with Crippen molar-refractivity contribution in [3.63, 3.8) is 0 Å². The summed E-state index contributed by atoms with van der Waals surface area (Å²) in [6, 6.07) is 17.4. The number of hydrogen-bond acceptors (Lipinski definition) is 3. The van der Waals surface area contributed by atoms with Crippen LogP contribution in [-0.4, -0.2) is 29.6 Å². The molecular weight excluding hydrogens is 294 g/mol. The lowest BCUT2D eigenvalue weighted by molar-refractivity contribution is -0.141. The van der Waals surface area contributed by atoms with Crippen molar-refractivity contribution < 1.29 is 19.4 Å². The molecule has 0 heterocycles. The summed E-state index contributed by atoms with van der Waals surface area (Å²) in [5, 5.41) is 11.8. The van der Waals surface area contributed by atoms with Crippen molar-refractivity contribution in [1.29, 1.82) is 0 Å². The molecule has 0 saturated heterocycles. The van der Waals surface area contributed by atoms with Gasteiger partial charge in [-0.1, -0.05) is 48.5 Å². The largest absolute Gasteiger partial charge is 0.493 e. The van der Waals surface area contributed by atoms with Crippen LogP contribution in [0, 0.1) is 0 Å². The van der Waals surface area contributed by atoms with Crippen molar-refractivity contribution >= 4 is 11.9 Å². The maximum absolute atomic E-state index is 11.9. The Morgan fingerprint density at radius 2 is 1.61 bits per heavy atom. The summed E-state index contributed by atoms with van der Waals surface area (Å²) in [6.45, 7) is 0.202. The van der Waals surface area contributed by atoms with Crippen LogP contribution in [-0.2, 0) is 16.0 Å². The fourth-order valence-corrected chi connectivity index (χ4v) is 2.09. The summed E-state index contributed by atoms with van der Waals surface area (Å²) >= 11 is 0. The van der Waals surface area contributed by atoms with E-state index in [-0.39, 0.29) is 25.4 Å². The Balaban J connectivity index is 1.80. The number of benzene rings is 2. The fraction of sp³-hybridized carbons (Fsp3) is 0.222. The van der Waals surface area contributed by atoms with Crippen LogP contribution < -0.4 is 10.1 Å². The predicted molar refractivity (Wildman–Crippen MR) is 86.3 cm³/mol. The van der Waals surface area contributed by atoms with Gasteiger partial charge < -0.3 is 15.2 Å². The van der Waals surface area contributed by atoms with Crippen molar-refractivity contribution in [2.75, 3.05) is 6.61 Å². The van der Waals surface area contributed by atoms with E-state index in [0.29, 0.717) is 5.75 Å². The lowest BCUT2D eigenvalue weighted by Gasteiger charge is -2.15. The number of carbonyl (C=O) groups excluding carboxylic acids is 1. The molecule has 1 unspecified atom stereocenters. The van der Waals surface area contributed by atoms with Gasteiger partial charge in [-0.05, 0) is 17.7 Å². The zero-order valence-electron chi connectivity index (χ0n) is 12.6. The molecule has 0 aromatic heterocycles. The highest BCUT2D eigenvalue weighted by Crippen LogP contribution is 2.08. The van der Waals surface area contributed by atoms with Crippen LogP contribution in [0.1, 0.15) is 12.0 Å². The van der Waals surface area contributed by atoms with E-state index in [4.69, 9.17) is 4.74 Å². The van der Waals surface area contributed by atoms with E-state index >= 15 is 0 Å². The first kappa shape index (κ1) is 16.5. The number of hydrogen-bond donors (Lipinski definition) is 2. The molecule has 1 amide bonds. The average molecular weight is 313 g/mol. The van der Waals surface area contributed by atoms with Gasteiger partial charge in [-0.15, -0.1) is 0 Å². The highest BCUT2D eigenvalue weighted by molar-refractivity contribution is 5.83. The molecule has 0 aliphatic carbocycles. The maximum atomic E-state index is 11.9. The molecule has 1 atom stereocenters. The van der Waals surface area contributed by atoms with Crippen LogP contribution in [0.2, 0.25) is 0 Å². The topological polar surface area (TPSA) is 75.6 Å². The highest BCUT2D eigenvalue weighted by atomic mass is 16.5. The van der Waals surface area contributed by atoms with Crippen molar-refractivity contribution in [3.05, 3.63) is 66.2 Å². The first-order valence-corrected chi connectivity index (χ1v) is 7.39. The molecule has 5 heteroatoms. The Morgan fingerprint density at radius 1 is 1.00 bits per heavy atom. The Kier molecular flexibility index (Phi) is 6.17. The fourth-order valence-electron chi connectivity index (χ4n) is 2.09. The Bertz CT molecular complexity index is 628. The Labute approximate surface area is 134 Å². The molecule has 0 spiro atoms. The standard InChI is InChI=1S/C18H19NO4/c20-17(11-12-23-15-9-5-2-6-10-15)19-16(18(21)22)13-14-7-3-1-4-8-14/h1-10,16H,11-13H2,(H,19,20)(H,21,22). The molecule has 0 bridgehead atoms. The second-order valence-electron chi connectivity index (χ2n) is 5.06. The number of nitrogens with one attached hydrogen (secondary N) is 1. The molecule has 120 valence electrons. The van der Waals surface area contributed by atoms with Gasteiger partial charge >= 0.3 is 5.97 Å². The molecule has 0 saturated carbocycles. The average Bonchev–Trinajstić information content (AvgIpc) is 2.56. The molecule has 0 aliphatic rings. The molecule has 0 aliphatic heterocycles. The van der Waals surface area contributed by atoms with Gasteiger partial charge in [0.15, 0.2) is 0 Å². The lowest BCUT2D eigenvalue weighted by atomic mass is 10.1. The zero-order valence-corrected chi connectivity index (χ0v) is 12.6. The smallest absolute Gasteiger partial charge is 0.326 e. The van der Waals surface area contributed by atoms with Gasteiger partial charge in [-0.25, -0.2) is 4.79 Å². The van der Waals surface area contributed by atoms with Gasteiger partial charge in [0.05, 0.1) is 13.0 Å². The summed E-state index contributed by atoms with van der Waals surface area (Å²) in [4.78, 5) is 23.2. The summed E-state index contributed by atoms with van der Waals surface area (Å²) in [5.74, 6) is -0.713. The van der Waals surface area contributed by atoms with Crippen molar-refractivity contribution in [3.8, 4) is 5.75 Å². The van der Waals surface area contributed by atoms with Gasteiger partial charge in [0, 0.05) is 6.42 Å². The number of aliphatic carboxylic acids is 1. The van der Waals surface area contributed by atoms with Crippen LogP contribution in [0.25, 0.3) is 0 Å². The quantitative estimate of drug-likeness (QED) is 0.784. The molecule has 0 fully saturated rings. The number of para-hydroxylation sites is 1. The van der Waals surface area contributed by atoms with E-state index in [1.165, 1.54) is 0 Å². The third-order valence-corrected chi connectivity index (χ3v) is 3.26. The lowest BCUT2D eigenvalue weighted by Crippen LogP contribution is -2.42. The second-order valence-corrected chi connectivity index (χ2v) is 5.06. The van der Waals surface area contributed by atoms with Crippen LogP contribution >= 0.6 is 0 Å². The predicted octanol–water partition coefficient (Wildman–Crippen LogP) is 2.27. The van der Waals surface area contributed by atoms with E-state index < -0.39 is 12.0 Å². The first-order valence-electron chi connectivity index (χ1n) is 7.39. The molecule has 2 N–H and O–H groups in total. The number of amides is 1. The number of rotatable bonds is 8. The second kappa shape index (κ2) is 8.58. The first-order chi connectivity index (χ1) is 11.1. The molecule has 0 radical (unpaired) electrons. The van der Waals surface area contributed by atoms with Gasteiger partial charge in [-0.2, -0.15) is 0 Å². The number of ether oxygens (including phenoxy) is 1. The normalized spacial score (nSPS) is 11.5. The molecule has 23 heavy (non-hydrogen) atoms. The molecule has 2 rings (SSSR count). The summed E-state index contributed by atoms with van der Waals surface area (Å²) in [5.41, 5.74) is 0.862. The van der Waals surface area contributed by atoms with Crippen LogP contribution in [0.3, 0.4) is 0 Å². The Hall–Kier alpha value is -2.82. The molecule has 5 nitrogen and oxygen atoms in total. The maximum Gasteiger partial charge on any atom is 0.326 e. The van der Waals surface area contributed by atoms with Gasteiger partial charge in [0.2, 0.25) is 5.91 Å². The minimum absolute atomic E-state index is 0.105. The van der Waals surface area contributed by atoms with Crippen molar-refractivity contribution in [1.82, 2.24) is 5.32 Å².